The molecule has 2 N–H and O–H groups in total. The molecule has 2 aromatic rings. The van der Waals surface area contributed by atoms with E-state index in [2.05, 4.69) is 10.3 Å². The van der Waals surface area contributed by atoms with Gasteiger partial charge < -0.3 is 15.2 Å². The zero-order valence-electron chi connectivity index (χ0n) is 10.7. The summed E-state index contributed by atoms with van der Waals surface area (Å²) in [5.41, 5.74) is 0.315. The third-order valence-corrected chi connectivity index (χ3v) is 2.49. The van der Waals surface area contributed by atoms with E-state index in [1.165, 1.54) is 36.5 Å². The van der Waals surface area contributed by atoms with E-state index in [-0.39, 0.29) is 5.56 Å². The molecule has 0 saturated heterocycles. The molecule has 0 aliphatic heterocycles. The second-order valence-corrected chi connectivity index (χ2v) is 4.02. The van der Waals surface area contributed by atoms with Crippen LogP contribution in [0.5, 0.6) is 5.75 Å². The maximum absolute atomic E-state index is 13.4. The summed E-state index contributed by atoms with van der Waals surface area (Å²) in [6.07, 6.45) is 2.28. The van der Waals surface area contributed by atoms with Crippen molar-refractivity contribution in [3.63, 3.8) is 0 Å². The Labute approximate surface area is 119 Å². The number of aliphatic carboxylic acids is 1. The SMILES string of the molecule is O=C(O)COc1ccc(NC(=O)c2ccncc2F)cc1. The van der Waals surface area contributed by atoms with Crippen LogP contribution in [-0.4, -0.2) is 28.6 Å². The van der Waals surface area contributed by atoms with Crippen LogP contribution in [0.4, 0.5) is 10.1 Å². The van der Waals surface area contributed by atoms with E-state index in [0.29, 0.717) is 11.4 Å². The van der Waals surface area contributed by atoms with E-state index < -0.39 is 24.3 Å². The van der Waals surface area contributed by atoms with Gasteiger partial charge in [-0.1, -0.05) is 0 Å². The maximum Gasteiger partial charge on any atom is 0.341 e. The highest BCUT2D eigenvalue weighted by Gasteiger charge is 2.11. The monoisotopic (exact) mass is 290 g/mol. The number of carbonyl (C=O) groups is 2. The van der Waals surface area contributed by atoms with Gasteiger partial charge in [0, 0.05) is 11.9 Å². The lowest BCUT2D eigenvalue weighted by molar-refractivity contribution is -0.139. The van der Waals surface area contributed by atoms with Crippen LogP contribution < -0.4 is 10.1 Å². The van der Waals surface area contributed by atoms with Gasteiger partial charge in [-0.15, -0.1) is 0 Å². The minimum absolute atomic E-state index is 0.115. The van der Waals surface area contributed by atoms with Crippen molar-refractivity contribution in [2.75, 3.05) is 11.9 Å². The fourth-order valence-electron chi connectivity index (χ4n) is 1.54. The minimum atomic E-state index is -1.08. The van der Waals surface area contributed by atoms with Gasteiger partial charge in [-0.3, -0.25) is 9.78 Å². The van der Waals surface area contributed by atoms with E-state index in [9.17, 15) is 14.0 Å². The van der Waals surface area contributed by atoms with Crippen LogP contribution in [0.15, 0.2) is 42.7 Å². The molecule has 2 rings (SSSR count). The van der Waals surface area contributed by atoms with Gasteiger partial charge in [-0.2, -0.15) is 0 Å². The molecule has 108 valence electrons. The van der Waals surface area contributed by atoms with Gasteiger partial charge in [0.2, 0.25) is 0 Å². The van der Waals surface area contributed by atoms with E-state index in [1.54, 1.807) is 0 Å². The number of rotatable bonds is 5. The normalized spacial score (nSPS) is 9.95. The summed E-state index contributed by atoms with van der Waals surface area (Å²) in [4.78, 5) is 25.8. The molecule has 1 heterocycles. The number of hydrogen-bond acceptors (Lipinski definition) is 4. The number of nitrogens with zero attached hydrogens (tertiary/aromatic N) is 1. The summed E-state index contributed by atoms with van der Waals surface area (Å²) in [6.45, 7) is -0.450. The van der Waals surface area contributed by atoms with Gasteiger partial charge in [0.15, 0.2) is 12.4 Å². The van der Waals surface area contributed by atoms with Gasteiger partial charge in [0.05, 0.1) is 11.8 Å². The second kappa shape index (κ2) is 6.47. The summed E-state index contributed by atoms with van der Waals surface area (Å²) in [6, 6.07) is 7.32. The van der Waals surface area contributed by atoms with Crippen molar-refractivity contribution in [2.45, 2.75) is 0 Å². The minimum Gasteiger partial charge on any atom is -0.482 e. The largest absolute Gasteiger partial charge is 0.482 e. The Kier molecular flexibility index (Phi) is 4.45. The van der Waals surface area contributed by atoms with Crippen LogP contribution in [0.1, 0.15) is 10.4 Å². The molecule has 0 atom stereocenters. The molecular weight excluding hydrogens is 279 g/mol. The van der Waals surface area contributed by atoms with Crippen LogP contribution in [0.3, 0.4) is 0 Å². The Morgan fingerprint density at radius 3 is 2.57 bits per heavy atom. The maximum atomic E-state index is 13.4. The topological polar surface area (TPSA) is 88.5 Å². The van der Waals surface area contributed by atoms with E-state index in [0.717, 1.165) is 6.20 Å². The molecule has 21 heavy (non-hydrogen) atoms. The van der Waals surface area contributed by atoms with Gasteiger partial charge in [0.1, 0.15) is 5.75 Å². The summed E-state index contributed by atoms with van der Waals surface area (Å²) in [5, 5.41) is 11.0. The zero-order valence-corrected chi connectivity index (χ0v) is 10.7. The molecule has 0 spiro atoms. The Morgan fingerprint density at radius 1 is 1.24 bits per heavy atom. The van der Waals surface area contributed by atoms with Crippen molar-refractivity contribution >= 4 is 17.6 Å². The number of carbonyl (C=O) groups excluding carboxylic acids is 1. The summed E-state index contributed by atoms with van der Waals surface area (Å²) >= 11 is 0. The number of ether oxygens (including phenoxy) is 1. The summed E-state index contributed by atoms with van der Waals surface area (Å²) in [7, 11) is 0. The van der Waals surface area contributed by atoms with Crippen LogP contribution >= 0.6 is 0 Å². The van der Waals surface area contributed by atoms with Crippen molar-refractivity contribution in [3.05, 3.63) is 54.1 Å². The van der Waals surface area contributed by atoms with Crippen LogP contribution in [0, 0.1) is 5.82 Å². The number of nitrogens with one attached hydrogen (secondary N) is 1. The molecule has 6 nitrogen and oxygen atoms in total. The predicted octanol–water partition coefficient (Wildman–Crippen LogP) is 1.94. The van der Waals surface area contributed by atoms with Crippen molar-refractivity contribution in [3.8, 4) is 5.75 Å². The smallest absolute Gasteiger partial charge is 0.341 e. The van der Waals surface area contributed by atoms with Crippen LogP contribution in [0.2, 0.25) is 0 Å². The number of benzene rings is 1. The average Bonchev–Trinajstić information content (AvgIpc) is 2.47. The molecule has 0 unspecified atom stereocenters. The highest BCUT2D eigenvalue weighted by Crippen LogP contribution is 2.17. The molecule has 1 aromatic carbocycles. The number of carboxylic acids is 1. The molecule has 1 amide bonds. The summed E-state index contributed by atoms with van der Waals surface area (Å²) < 4.78 is 18.3. The molecule has 0 fully saturated rings. The Morgan fingerprint density at radius 2 is 1.95 bits per heavy atom. The Bertz CT molecular complexity index is 658. The molecule has 0 saturated carbocycles. The lowest BCUT2D eigenvalue weighted by atomic mass is 10.2. The molecule has 7 heteroatoms. The fourth-order valence-corrected chi connectivity index (χ4v) is 1.54. The number of amides is 1. The predicted molar refractivity (Wildman–Crippen MR) is 71.7 cm³/mol. The van der Waals surface area contributed by atoms with E-state index in [1.807, 2.05) is 0 Å². The third kappa shape index (κ3) is 4.00. The first-order valence-electron chi connectivity index (χ1n) is 5.92. The molecule has 0 aliphatic rings. The standard InChI is InChI=1S/C14H11FN2O4/c15-12-7-16-6-5-11(12)14(20)17-9-1-3-10(4-2-9)21-8-13(18)19/h1-7H,8H2,(H,17,20)(H,18,19). The van der Waals surface area contributed by atoms with Gasteiger partial charge in [-0.25, -0.2) is 9.18 Å². The lowest BCUT2D eigenvalue weighted by Crippen LogP contribution is -2.14. The first-order chi connectivity index (χ1) is 10.1. The highest BCUT2D eigenvalue weighted by atomic mass is 19.1. The van der Waals surface area contributed by atoms with E-state index in [4.69, 9.17) is 9.84 Å². The average molecular weight is 290 g/mol. The zero-order chi connectivity index (χ0) is 15.2. The van der Waals surface area contributed by atoms with Crippen LogP contribution in [0.25, 0.3) is 0 Å². The van der Waals surface area contributed by atoms with Gasteiger partial charge in [-0.05, 0) is 30.3 Å². The van der Waals surface area contributed by atoms with Crippen molar-refractivity contribution in [1.82, 2.24) is 4.98 Å². The first-order valence-corrected chi connectivity index (χ1v) is 5.92. The number of hydrogen-bond donors (Lipinski definition) is 2. The highest BCUT2D eigenvalue weighted by molar-refractivity contribution is 6.04. The quantitative estimate of drug-likeness (QED) is 0.878. The van der Waals surface area contributed by atoms with Crippen molar-refractivity contribution in [1.29, 1.82) is 0 Å². The Hall–Kier alpha value is -2.96. The Balaban J connectivity index is 2.02. The number of aromatic nitrogens is 1. The number of carboxylic acid groups (broad SMARTS) is 1. The lowest BCUT2D eigenvalue weighted by Gasteiger charge is -2.07. The van der Waals surface area contributed by atoms with Gasteiger partial charge in [0.25, 0.3) is 5.91 Å². The molecule has 0 radical (unpaired) electrons. The van der Waals surface area contributed by atoms with Crippen molar-refractivity contribution in [2.24, 2.45) is 0 Å². The van der Waals surface area contributed by atoms with Crippen molar-refractivity contribution < 1.29 is 23.8 Å². The molecule has 0 bridgehead atoms. The second-order valence-electron chi connectivity index (χ2n) is 4.02. The summed E-state index contributed by atoms with van der Waals surface area (Å²) in [5.74, 6) is -2.04. The fraction of sp³-hybridized carbons (Fsp3) is 0.0714. The first kappa shape index (κ1) is 14.4. The molecule has 0 aliphatic carbocycles. The number of pyridine rings is 1. The number of anilines is 1. The third-order valence-electron chi connectivity index (χ3n) is 2.49. The van der Waals surface area contributed by atoms with Gasteiger partial charge >= 0.3 is 5.97 Å². The number of halogens is 1. The van der Waals surface area contributed by atoms with E-state index >= 15 is 0 Å². The van der Waals surface area contributed by atoms with Crippen LogP contribution in [-0.2, 0) is 4.79 Å². The molecule has 1 aromatic heterocycles. The molecular formula is C14H11FN2O4.